The lowest BCUT2D eigenvalue weighted by molar-refractivity contribution is 0.0710. The number of piperidine rings is 1. The van der Waals surface area contributed by atoms with Gasteiger partial charge in [-0.3, -0.25) is 9.48 Å². The molecule has 2 aromatic rings. The van der Waals surface area contributed by atoms with Crippen molar-refractivity contribution in [3.05, 3.63) is 29.8 Å². The van der Waals surface area contributed by atoms with E-state index in [4.69, 9.17) is 4.74 Å². The van der Waals surface area contributed by atoms with E-state index in [1.807, 2.05) is 24.9 Å². The minimum absolute atomic E-state index is 0.0241. The minimum atomic E-state index is -0.0241. The Balaban J connectivity index is 1.64. The summed E-state index contributed by atoms with van der Waals surface area (Å²) in [6.45, 7) is 3.37. The number of nitrogens with zero attached hydrogens (tertiary/aromatic N) is 6. The van der Waals surface area contributed by atoms with Crippen molar-refractivity contribution >= 4 is 11.7 Å². The first-order chi connectivity index (χ1) is 12.0. The molecule has 0 aromatic carbocycles. The van der Waals surface area contributed by atoms with Crippen LogP contribution in [0.4, 0.5) is 5.82 Å². The summed E-state index contributed by atoms with van der Waals surface area (Å²) in [7, 11) is 5.36. The van der Waals surface area contributed by atoms with Gasteiger partial charge in [-0.15, -0.1) is 5.10 Å². The van der Waals surface area contributed by atoms with E-state index in [9.17, 15) is 4.79 Å². The van der Waals surface area contributed by atoms with Crippen molar-refractivity contribution < 1.29 is 9.53 Å². The molecule has 1 aliphatic rings. The molecule has 8 heteroatoms. The molecule has 2 aromatic heterocycles. The highest BCUT2D eigenvalue weighted by Crippen LogP contribution is 2.23. The van der Waals surface area contributed by atoms with E-state index in [-0.39, 0.29) is 5.91 Å². The average molecular weight is 344 g/mol. The number of anilines is 1. The standard InChI is InChI=1S/C17H24N6O2/c1-12-9-15(19-11-18-12)22(3)13-5-7-23(8-6-13)17(24)14-10-21(2)20-16(14)25-4/h9-11,13H,5-8H2,1-4H3. The van der Waals surface area contributed by atoms with Crippen LogP contribution in [0.3, 0.4) is 0 Å². The van der Waals surface area contributed by atoms with Gasteiger partial charge in [-0.1, -0.05) is 0 Å². The lowest BCUT2D eigenvalue weighted by Gasteiger charge is -2.37. The van der Waals surface area contributed by atoms with Crippen LogP contribution in [-0.4, -0.2) is 63.8 Å². The van der Waals surface area contributed by atoms with E-state index in [1.165, 1.54) is 7.11 Å². The Kier molecular flexibility index (Phi) is 4.87. The van der Waals surface area contributed by atoms with E-state index >= 15 is 0 Å². The van der Waals surface area contributed by atoms with Gasteiger partial charge < -0.3 is 14.5 Å². The van der Waals surface area contributed by atoms with Crippen molar-refractivity contribution in [2.24, 2.45) is 7.05 Å². The third kappa shape index (κ3) is 3.57. The molecule has 0 unspecified atom stereocenters. The van der Waals surface area contributed by atoms with Gasteiger partial charge >= 0.3 is 0 Å². The number of methoxy groups -OCH3 is 1. The third-order valence-electron chi connectivity index (χ3n) is 4.67. The number of aryl methyl sites for hydroxylation is 2. The van der Waals surface area contributed by atoms with Gasteiger partial charge in [0.2, 0.25) is 5.88 Å². The van der Waals surface area contributed by atoms with Crippen LogP contribution >= 0.6 is 0 Å². The van der Waals surface area contributed by atoms with Crippen LogP contribution in [0.25, 0.3) is 0 Å². The van der Waals surface area contributed by atoms with Crippen molar-refractivity contribution in [3.8, 4) is 5.88 Å². The van der Waals surface area contributed by atoms with E-state index in [1.54, 1.807) is 24.3 Å². The molecule has 1 fully saturated rings. The zero-order valence-corrected chi connectivity index (χ0v) is 15.1. The summed E-state index contributed by atoms with van der Waals surface area (Å²) in [4.78, 5) is 25.3. The van der Waals surface area contributed by atoms with Crippen LogP contribution < -0.4 is 9.64 Å². The van der Waals surface area contributed by atoms with Crippen molar-refractivity contribution in [1.82, 2.24) is 24.6 Å². The molecule has 1 saturated heterocycles. The number of rotatable bonds is 4. The number of ether oxygens (including phenoxy) is 1. The van der Waals surface area contributed by atoms with Gasteiger partial charge in [-0.2, -0.15) is 0 Å². The first-order valence-electron chi connectivity index (χ1n) is 8.38. The molecular formula is C17H24N6O2. The Morgan fingerprint density at radius 2 is 2.04 bits per heavy atom. The second-order valence-corrected chi connectivity index (χ2v) is 6.38. The molecule has 0 N–H and O–H groups in total. The largest absolute Gasteiger partial charge is 0.479 e. The van der Waals surface area contributed by atoms with E-state index in [0.717, 1.165) is 24.4 Å². The maximum Gasteiger partial charge on any atom is 0.260 e. The lowest BCUT2D eigenvalue weighted by atomic mass is 10.0. The van der Waals surface area contributed by atoms with E-state index < -0.39 is 0 Å². The lowest BCUT2D eigenvalue weighted by Crippen LogP contribution is -2.46. The fraction of sp³-hybridized carbons (Fsp3) is 0.529. The summed E-state index contributed by atoms with van der Waals surface area (Å²) in [5.41, 5.74) is 1.47. The Hall–Kier alpha value is -2.64. The van der Waals surface area contributed by atoms with Gasteiger partial charge in [-0.25, -0.2) is 9.97 Å². The normalized spacial score (nSPS) is 15.3. The third-order valence-corrected chi connectivity index (χ3v) is 4.67. The highest BCUT2D eigenvalue weighted by Gasteiger charge is 2.29. The molecule has 0 saturated carbocycles. The second-order valence-electron chi connectivity index (χ2n) is 6.38. The smallest absolute Gasteiger partial charge is 0.260 e. The van der Waals surface area contributed by atoms with Crippen molar-refractivity contribution in [2.45, 2.75) is 25.8 Å². The predicted octanol–water partition coefficient (Wildman–Crippen LogP) is 1.27. The summed E-state index contributed by atoms with van der Waals surface area (Å²) in [6.07, 6.45) is 5.10. The highest BCUT2D eigenvalue weighted by atomic mass is 16.5. The topological polar surface area (TPSA) is 76.4 Å². The maximum absolute atomic E-state index is 12.7. The Bertz CT molecular complexity index is 751. The number of carbonyl (C=O) groups is 1. The van der Waals surface area contributed by atoms with Crippen LogP contribution in [0.5, 0.6) is 5.88 Å². The summed E-state index contributed by atoms with van der Waals surface area (Å²) in [6, 6.07) is 2.34. The Morgan fingerprint density at radius 1 is 1.32 bits per heavy atom. The number of aromatic nitrogens is 4. The fourth-order valence-corrected chi connectivity index (χ4v) is 3.21. The van der Waals surface area contributed by atoms with Gasteiger partial charge in [0, 0.05) is 51.2 Å². The van der Waals surface area contributed by atoms with E-state index in [2.05, 4.69) is 20.0 Å². The zero-order chi connectivity index (χ0) is 18.0. The Morgan fingerprint density at radius 3 is 2.68 bits per heavy atom. The summed E-state index contributed by atoms with van der Waals surface area (Å²) < 4.78 is 6.81. The van der Waals surface area contributed by atoms with Gasteiger partial charge in [0.15, 0.2) is 0 Å². The first kappa shape index (κ1) is 17.2. The van der Waals surface area contributed by atoms with Crippen molar-refractivity contribution in [1.29, 1.82) is 0 Å². The molecule has 0 radical (unpaired) electrons. The molecule has 1 amide bonds. The number of hydrogen-bond donors (Lipinski definition) is 0. The first-order valence-corrected chi connectivity index (χ1v) is 8.38. The molecule has 0 bridgehead atoms. The Labute approximate surface area is 147 Å². The van der Waals surface area contributed by atoms with Crippen molar-refractivity contribution in [3.63, 3.8) is 0 Å². The number of hydrogen-bond acceptors (Lipinski definition) is 6. The number of carbonyl (C=O) groups excluding carboxylic acids is 1. The van der Waals surface area contributed by atoms with Crippen LogP contribution in [0.15, 0.2) is 18.6 Å². The van der Waals surface area contributed by atoms with Crippen LogP contribution in [0.2, 0.25) is 0 Å². The molecule has 25 heavy (non-hydrogen) atoms. The van der Waals surface area contributed by atoms with Gasteiger partial charge in [0.1, 0.15) is 17.7 Å². The van der Waals surface area contributed by atoms with Crippen LogP contribution in [0.1, 0.15) is 28.9 Å². The van der Waals surface area contributed by atoms with Gasteiger partial charge in [0.25, 0.3) is 5.91 Å². The predicted molar refractivity (Wildman–Crippen MR) is 93.9 cm³/mol. The molecule has 0 spiro atoms. The molecule has 3 heterocycles. The molecule has 8 nitrogen and oxygen atoms in total. The average Bonchev–Trinajstić information content (AvgIpc) is 3.01. The van der Waals surface area contributed by atoms with E-state index in [0.29, 0.717) is 30.6 Å². The summed E-state index contributed by atoms with van der Waals surface area (Å²) in [5, 5.41) is 4.16. The SMILES string of the molecule is COc1nn(C)cc1C(=O)N1CCC(N(C)c2cc(C)ncn2)CC1. The number of likely N-dealkylation sites (tertiary alicyclic amines) is 1. The molecule has 3 rings (SSSR count). The maximum atomic E-state index is 12.7. The summed E-state index contributed by atoms with van der Waals surface area (Å²) in [5.74, 6) is 1.28. The van der Waals surface area contributed by atoms with Crippen molar-refractivity contribution in [2.75, 3.05) is 32.1 Å². The molecule has 0 atom stereocenters. The molecule has 1 aliphatic heterocycles. The number of amides is 1. The van der Waals surface area contributed by atoms with Gasteiger partial charge in [-0.05, 0) is 19.8 Å². The second kappa shape index (κ2) is 7.08. The monoisotopic (exact) mass is 344 g/mol. The minimum Gasteiger partial charge on any atom is -0.479 e. The quantitative estimate of drug-likeness (QED) is 0.831. The highest BCUT2D eigenvalue weighted by molar-refractivity contribution is 5.96. The summed E-state index contributed by atoms with van der Waals surface area (Å²) >= 11 is 0. The van der Waals surface area contributed by atoms with Crippen LogP contribution in [0, 0.1) is 6.92 Å². The van der Waals surface area contributed by atoms with Crippen LogP contribution in [-0.2, 0) is 7.05 Å². The molecular weight excluding hydrogens is 320 g/mol. The molecule has 0 aliphatic carbocycles. The van der Waals surface area contributed by atoms with Gasteiger partial charge in [0.05, 0.1) is 7.11 Å². The molecule has 134 valence electrons. The fourth-order valence-electron chi connectivity index (χ4n) is 3.21. The zero-order valence-electron chi connectivity index (χ0n) is 15.1.